The number of rotatable bonds is 1. The first-order valence-electron chi connectivity index (χ1n) is 1.68. The van der Waals surface area contributed by atoms with Crippen LogP contribution in [-0.4, -0.2) is 23.4 Å². The Balaban J connectivity index is 4.28. The van der Waals surface area contributed by atoms with E-state index in [1.54, 1.807) is 0 Å². The zero-order chi connectivity index (χ0) is 8.36. The highest BCUT2D eigenvalue weighted by molar-refractivity contribution is 8.00. The minimum absolute atomic E-state index is 1.64. The fourth-order valence-electron chi connectivity index (χ4n) is 0.108. The number of hydrogen-bond donors (Lipinski definition) is 1. The van der Waals surface area contributed by atoms with Crippen LogP contribution in [0.2, 0.25) is 0 Å². The van der Waals surface area contributed by atoms with Crippen LogP contribution in [-0.2, 0) is 15.0 Å². The van der Waals surface area contributed by atoms with Gasteiger partial charge >= 0.3 is 20.5 Å². The second kappa shape index (κ2) is 2.58. The molecule has 0 aromatic rings. The van der Waals surface area contributed by atoms with Gasteiger partial charge in [0.25, 0.3) is 0 Å². The summed E-state index contributed by atoms with van der Waals surface area (Å²) < 4.78 is 27.0. The van der Waals surface area contributed by atoms with Crippen LogP contribution in [0.4, 0.5) is 4.79 Å². The zero-order valence-electron chi connectivity index (χ0n) is 4.25. The molecule has 0 rings (SSSR count). The quantitative estimate of drug-likeness (QED) is 0.311. The summed E-state index contributed by atoms with van der Waals surface area (Å²) in [5, 5.41) is 5.29. The summed E-state index contributed by atoms with van der Waals surface area (Å²) in [5.41, 5.74) is 0. The summed E-state index contributed by atoms with van der Waals surface area (Å²) in [5.74, 6) is 0. The minimum atomic E-state index is -5.10. The van der Waals surface area contributed by atoms with Crippen molar-refractivity contribution in [2.45, 2.75) is 0 Å². The van der Waals surface area contributed by atoms with E-state index in [4.69, 9.17) is 4.55 Å². The van der Waals surface area contributed by atoms with Gasteiger partial charge in [-0.15, -0.1) is 10.1 Å². The maximum Gasteiger partial charge on any atom is 0.443 e. The molecular weight excluding hydrogens is 170 g/mol. The molecule has 0 saturated carbocycles. The number of carbonyl (C=O) groups is 1. The van der Waals surface area contributed by atoms with E-state index in [0.717, 1.165) is 0 Å². The summed E-state index contributed by atoms with van der Waals surface area (Å²) >= 11 is 0. The Morgan fingerprint density at radius 2 is 2.00 bits per heavy atom. The number of hydrogen-bond acceptors (Lipinski definition) is 6. The van der Waals surface area contributed by atoms with Gasteiger partial charge in [-0.25, -0.2) is 9.63 Å². The van der Waals surface area contributed by atoms with E-state index in [2.05, 4.69) is 4.84 Å². The van der Waals surface area contributed by atoms with E-state index >= 15 is 0 Å². The van der Waals surface area contributed by atoms with Crippen molar-refractivity contribution in [1.29, 1.82) is 0 Å². The van der Waals surface area contributed by atoms with E-state index in [-0.39, 0.29) is 0 Å². The standard InChI is InChI=1S/CHNO7S/c3-1(9-2(4)5)10(6,7)8/h(H,6,7,8). The van der Waals surface area contributed by atoms with Gasteiger partial charge in [0.2, 0.25) is 0 Å². The van der Waals surface area contributed by atoms with Gasteiger partial charge in [-0.2, -0.15) is 8.42 Å². The molecule has 0 aromatic carbocycles. The first kappa shape index (κ1) is 8.78. The van der Waals surface area contributed by atoms with Crippen LogP contribution in [0.3, 0.4) is 0 Å². The lowest BCUT2D eigenvalue weighted by Crippen LogP contribution is -2.18. The largest absolute Gasteiger partial charge is 0.443 e. The van der Waals surface area contributed by atoms with Crippen LogP contribution in [0.5, 0.6) is 0 Å². The van der Waals surface area contributed by atoms with Gasteiger partial charge in [0.05, 0.1) is 0 Å². The maximum absolute atomic E-state index is 9.77. The molecule has 0 spiro atoms. The van der Waals surface area contributed by atoms with Crippen LogP contribution >= 0.6 is 0 Å². The van der Waals surface area contributed by atoms with Crippen molar-refractivity contribution < 1.29 is 27.7 Å². The Kier molecular flexibility index (Phi) is 2.26. The molecule has 0 bridgehead atoms. The van der Waals surface area contributed by atoms with Crippen molar-refractivity contribution in [2.75, 3.05) is 0 Å². The fraction of sp³-hybridized carbons (Fsp3) is 0. The molecule has 0 atom stereocenters. The van der Waals surface area contributed by atoms with E-state index < -0.39 is 20.5 Å². The van der Waals surface area contributed by atoms with E-state index in [1.807, 2.05) is 0 Å². The molecule has 10 heavy (non-hydrogen) atoms. The highest BCUT2D eigenvalue weighted by Gasteiger charge is 2.22. The molecule has 0 radical (unpaired) electrons. The van der Waals surface area contributed by atoms with Crippen LogP contribution in [0.15, 0.2) is 0 Å². The zero-order valence-corrected chi connectivity index (χ0v) is 5.07. The normalized spacial score (nSPS) is 10.5. The topological polar surface area (TPSA) is 124 Å². The molecular formula is CHNO7S. The Morgan fingerprint density at radius 1 is 1.60 bits per heavy atom. The fourth-order valence-corrected chi connectivity index (χ4v) is 0.263. The second-order valence-electron chi connectivity index (χ2n) is 1.04. The van der Waals surface area contributed by atoms with Crippen LogP contribution in [0.1, 0.15) is 0 Å². The predicted molar refractivity (Wildman–Crippen MR) is 25.0 cm³/mol. The number of nitrogens with zero attached hydrogens (tertiary/aromatic N) is 1. The van der Waals surface area contributed by atoms with Gasteiger partial charge in [0, 0.05) is 0 Å². The molecule has 0 heterocycles. The highest BCUT2D eigenvalue weighted by atomic mass is 32.2. The molecule has 0 amide bonds. The van der Waals surface area contributed by atoms with Crippen LogP contribution in [0.25, 0.3) is 0 Å². The van der Waals surface area contributed by atoms with Crippen molar-refractivity contribution in [2.24, 2.45) is 0 Å². The number of carbonyl (C=O) groups excluding carboxylic acids is 1. The summed E-state index contributed by atoms with van der Waals surface area (Å²) in [6.07, 6.45) is 0. The second-order valence-corrected chi connectivity index (χ2v) is 2.32. The first-order chi connectivity index (χ1) is 4.34. The van der Waals surface area contributed by atoms with Gasteiger partial charge in [0.1, 0.15) is 0 Å². The molecule has 0 saturated heterocycles. The Bertz CT molecular complexity index is 249. The Hall–Kier alpha value is -1.22. The molecule has 0 fully saturated rings. The van der Waals surface area contributed by atoms with Crippen molar-refractivity contribution >= 4 is 15.4 Å². The highest BCUT2D eigenvalue weighted by Crippen LogP contribution is 1.89. The van der Waals surface area contributed by atoms with E-state index in [1.165, 1.54) is 0 Å². The maximum atomic E-state index is 9.77. The summed E-state index contributed by atoms with van der Waals surface area (Å²) in [7, 11) is -5.10. The minimum Gasteiger partial charge on any atom is -0.278 e. The van der Waals surface area contributed by atoms with E-state index in [9.17, 15) is 23.3 Å². The van der Waals surface area contributed by atoms with E-state index in [0.29, 0.717) is 0 Å². The average molecular weight is 171 g/mol. The molecule has 1 N–H and O–H groups in total. The van der Waals surface area contributed by atoms with Gasteiger partial charge in [-0.3, -0.25) is 4.55 Å². The SMILES string of the molecule is O=C(O[N+](=O)[O-])S(=O)(=O)O. The van der Waals surface area contributed by atoms with Gasteiger partial charge in [0.15, 0.2) is 0 Å². The van der Waals surface area contributed by atoms with Crippen LogP contribution < -0.4 is 0 Å². The van der Waals surface area contributed by atoms with Crippen molar-refractivity contribution in [3.63, 3.8) is 0 Å². The predicted octanol–water partition coefficient (Wildman–Crippen LogP) is -0.797. The van der Waals surface area contributed by atoms with Crippen molar-refractivity contribution in [1.82, 2.24) is 0 Å². The van der Waals surface area contributed by atoms with Gasteiger partial charge in [-0.1, -0.05) is 0 Å². The molecule has 0 aliphatic rings. The molecule has 0 aliphatic carbocycles. The average Bonchev–Trinajstić information content (AvgIpc) is 1.60. The summed E-state index contributed by atoms with van der Waals surface area (Å²) in [6, 6.07) is 0. The smallest absolute Gasteiger partial charge is 0.278 e. The Morgan fingerprint density at radius 3 is 2.10 bits per heavy atom. The Labute approximate surface area is 54.2 Å². The van der Waals surface area contributed by atoms with Gasteiger partial charge in [-0.05, 0) is 0 Å². The first-order valence-corrected chi connectivity index (χ1v) is 3.12. The third-order valence-electron chi connectivity index (χ3n) is 0.360. The van der Waals surface area contributed by atoms with Crippen molar-refractivity contribution in [3.8, 4) is 0 Å². The lowest BCUT2D eigenvalue weighted by molar-refractivity contribution is -0.725. The molecule has 8 nitrogen and oxygen atoms in total. The summed E-state index contributed by atoms with van der Waals surface area (Å²) in [6.45, 7) is 0. The third-order valence-corrected chi connectivity index (χ3v) is 0.855. The molecule has 58 valence electrons. The lowest BCUT2D eigenvalue weighted by Gasteiger charge is -1.89. The van der Waals surface area contributed by atoms with Crippen LogP contribution in [0, 0.1) is 10.1 Å². The third kappa shape index (κ3) is 2.94. The summed E-state index contributed by atoms with van der Waals surface area (Å²) in [4.78, 5) is 21.9. The lowest BCUT2D eigenvalue weighted by atomic mass is 11.6. The molecule has 0 unspecified atom stereocenters. The molecule has 0 aliphatic heterocycles. The van der Waals surface area contributed by atoms with Crippen molar-refractivity contribution in [3.05, 3.63) is 10.1 Å². The monoisotopic (exact) mass is 171 g/mol. The molecule has 0 aromatic heterocycles. The molecule has 9 heteroatoms. The van der Waals surface area contributed by atoms with Gasteiger partial charge < -0.3 is 0 Å².